The molecule has 0 aliphatic carbocycles. The van der Waals surface area contributed by atoms with E-state index in [1.807, 2.05) is 18.2 Å². The van der Waals surface area contributed by atoms with Crippen LogP contribution in [-0.4, -0.2) is 19.8 Å². The number of anilines is 1. The molecule has 0 radical (unpaired) electrons. The minimum Gasteiger partial charge on any atom is -0.365 e. The van der Waals surface area contributed by atoms with Crippen molar-refractivity contribution in [3.63, 3.8) is 0 Å². The number of benzene rings is 1. The van der Waals surface area contributed by atoms with Crippen LogP contribution in [0.1, 0.15) is 58.9 Å². The molecular weight excluding hydrogens is 342 g/mol. The van der Waals surface area contributed by atoms with Gasteiger partial charge >= 0.3 is 0 Å². The van der Waals surface area contributed by atoms with E-state index in [-0.39, 0.29) is 0 Å². The van der Waals surface area contributed by atoms with E-state index in [1.54, 1.807) is 0 Å². The van der Waals surface area contributed by atoms with Gasteiger partial charge in [0.25, 0.3) is 0 Å². The maximum atomic E-state index is 5.92. The van der Waals surface area contributed by atoms with Crippen LogP contribution in [0.3, 0.4) is 0 Å². The van der Waals surface area contributed by atoms with Gasteiger partial charge in [0.15, 0.2) is 0 Å². The number of nitrogens with two attached hydrogens (primary N) is 1. The molecule has 0 aliphatic rings. The van der Waals surface area contributed by atoms with Gasteiger partial charge in [0.2, 0.25) is 0 Å². The van der Waals surface area contributed by atoms with E-state index in [0.29, 0.717) is 12.5 Å². The Kier molecular flexibility index (Phi) is 11.2. The topological polar surface area (TPSA) is 41.6 Å². The fraction of sp³-hybridized carbons (Fsp3) is 0.480. The Balaban J connectivity index is 3.31. The smallest absolute Gasteiger partial charge is 0.0856 e. The highest BCUT2D eigenvalue weighted by molar-refractivity contribution is 5.70. The second-order valence-electron chi connectivity index (χ2n) is 7.67. The summed E-state index contributed by atoms with van der Waals surface area (Å²) in [6, 6.07) is 6.25. The third-order valence-corrected chi connectivity index (χ3v) is 4.96. The maximum Gasteiger partial charge on any atom is 0.0856 e. The minimum absolute atomic E-state index is 0.525. The summed E-state index contributed by atoms with van der Waals surface area (Å²) in [4.78, 5) is 6.75. The number of hydrogen-bond acceptors (Lipinski definition) is 3. The Labute approximate surface area is 172 Å². The fourth-order valence-corrected chi connectivity index (χ4v) is 3.54. The largest absolute Gasteiger partial charge is 0.365 e. The molecule has 3 heteroatoms. The quantitative estimate of drug-likeness (QED) is 0.238. The van der Waals surface area contributed by atoms with Crippen molar-refractivity contribution in [2.75, 3.05) is 18.0 Å². The Morgan fingerprint density at radius 1 is 1.29 bits per heavy atom. The van der Waals surface area contributed by atoms with Crippen LogP contribution in [0.25, 0.3) is 0 Å². The molecule has 0 aromatic heterocycles. The summed E-state index contributed by atoms with van der Waals surface area (Å²) >= 11 is 0. The molecule has 1 rings (SSSR count). The molecular formula is C25H39N3. The molecule has 1 unspecified atom stereocenters. The normalized spacial score (nSPS) is 12.4. The van der Waals surface area contributed by atoms with Crippen molar-refractivity contribution >= 4 is 18.1 Å². The van der Waals surface area contributed by atoms with Gasteiger partial charge in [0.05, 0.1) is 11.4 Å². The summed E-state index contributed by atoms with van der Waals surface area (Å²) in [5, 5.41) is 0. The van der Waals surface area contributed by atoms with Crippen molar-refractivity contribution in [2.45, 2.75) is 59.9 Å². The van der Waals surface area contributed by atoms with Crippen molar-refractivity contribution in [2.24, 2.45) is 16.6 Å². The van der Waals surface area contributed by atoms with Crippen LogP contribution in [0.4, 0.5) is 11.4 Å². The van der Waals surface area contributed by atoms with E-state index in [1.165, 1.54) is 24.0 Å². The number of hydrogen-bond donors (Lipinski definition) is 1. The van der Waals surface area contributed by atoms with E-state index in [9.17, 15) is 0 Å². The molecule has 1 aromatic carbocycles. The molecule has 3 nitrogen and oxygen atoms in total. The van der Waals surface area contributed by atoms with Gasteiger partial charge in [-0.25, -0.2) is 0 Å². The molecule has 0 bridgehead atoms. The number of rotatable bonds is 13. The zero-order valence-electron chi connectivity index (χ0n) is 18.4. The lowest BCUT2D eigenvalue weighted by Crippen LogP contribution is -2.31. The van der Waals surface area contributed by atoms with Gasteiger partial charge in [-0.05, 0) is 75.9 Å². The summed E-state index contributed by atoms with van der Waals surface area (Å²) in [7, 11) is 0. The highest BCUT2D eigenvalue weighted by atomic mass is 15.1. The Bertz CT molecular complexity index is 681. The van der Waals surface area contributed by atoms with Gasteiger partial charge in [0, 0.05) is 19.6 Å². The van der Waals surface area contributed by atoms with E-state index >= 15 is 0 Å². The van der Waals surface area contributed by atoms with Gasteiger partial charge in [-0.15, -0.1) is 6.58 Å². The second kappa shape index (κ2) is 13.1. The summed E-state index contributed by atoms with van der Waals surface area (Å²) < 4.78 is 0. The first-order chi connectivity index (χ1) is 13.5. The van der Waals surface area contributed by atoms with E-state index in [4.69, 9.17) is 5.73 Å². The first-order valence-corrected chi connectivity index (χ1v) is 10.4. The van der Waals surface area contributed by atoms with Gasteiger partial charge in [-0.3, -0.25) is 4.99 Å². The first kappa shape index (κ1) is 23.9. The highest BCUT2D eigenvalue weighted by Crippen LogP contribution is 2.32. The van der Waals surface area contributed by atoms with E-state index in [0.717, 1.165) is 42.9 Å². The molecule has 0 heterocycles. The molecule has 0 saturated heterocycles. The van der Waals surface area contributed by atoms with Crippen molar-refractivity contribution in [1.82, 2.24) is 0 Å². The Hall–Kier alpha value is -2.13. The monoisotopic (exact) mass is 381 g/mol. The van der Waals surface area contributed by atoms with Crippen LogP contribution < -0.4 is 10.6 Å². The Morgan fingerprint density at radius 2 is 2.04 bits per heavy atom. The molecule has 154 valence electrons. The third kappa shape index (κ3) is 7.85. The number of allylic oxidation sites excluding steroid dienone is 3. The molecule has 1 aromatic rings. The SMILES string of the molecule is C=CCCC(CCC)CN(C/C(C=C(C)C)=C/C)c1cc(CN)ccc1N=C. The summed E-state index contributed by atoms with van der Waals surface area (Å²) in [5.41, 5.74) is 11.7. The standard InChI is InChI=1S/C25H39N3/c1-7-10-12-22(11-8-2)19-28(18-21(9-3)15-20(4)5)25-16-23(17-26)13-14-24(25)27-6/h7,9,13-16,22H,1,6,8,10-12,17-19,26H2,2-5H3/b21-9+. The summed E-state index contributed by atoms with van der Waals surface area (Å²) in [6.07, 6.45) is 11.1. The van der Waals surface area contributed by atoms with Crippen LogP contribution in [0.2, 0.25) is 0 Å². The number of aliphatic imine (C=N–C) groups is 1. The van der Waals surface area contributed by atoms with Gasteiger partial charge < -0.3 is 10.6 Å². The van der Waals surface area contributed by atoms with Gasteiger partial charge in [-0.1, -0.05) is 43.2 Å². The minimum atomic E-state index is 0.525. The molecule has 1 atom stereocenters. The molecule has 0 saturated carbocycles. The lowest BCUT2D eigenvalue weighted by atomic mass is 9.96. The van der Waals surface area contributed by atoms with Crippen molar-refractivity contribution in [3.05, 3.63) is 59.7 Å². The van der Waals surface area contributed by atoms with Crippen molar-refractivity contribution in [1.29, 1.82) is 0 Å². The first-order valence-electron chi connectivity index (χ1n) is 10.4. The summed E-state index contributed by atoms with van der Waals surface area (Å²) in [5.74, 6) is 0.618. The zero-order valence-corrected chi connectivity index (χ0v) is 18.4. The average molecular weight is 382 g/mol. The zero-order chi connectivity index (χ0) is 20.9. The van der Waals surface area contributed by atoms with Crippen molar-refractivity contribution in [3.8, 4) is 0 Å². The lowest BCUT2D eigenvalue weighted by molar-refractivity contribution is 0.447. The fourth-order valence-electron chi connectivity index (χ4n) is 3.54. The molecule has 0 aliphatic heterocycles. The van der Waals surface area contributed by atoms with Gasteiger partial charge in [-0.2, -0.15) is 0 Å². The predicted molar refractivity (Wildman–Crippen MR) is 127 cm³/mol. The summed E-state index contributed by atoms with van der Waals surface area (Å²) in [6.45, 7) is 18.7. The average Bonchev–Trinajstić information content (AvgIpc) is 2.69. The van der Waals surface area contributed by atoms with Crippen LogP contribution in [0, 0.1) is 5.92 Å². The molecule has 28 heavy (non-hydrogen) atoms. The number of nitrogens with zero attached hydrogens (tertiary/aromatic N) is 2. The highest BCUT2D eigenvalue weighted by Gasteiger charge is 2.18. The van der Waals surface area contributed by atoms with E-state index < -0.39 is 0 Å². The van der Waals surface area contributed by atoms with Crippen LogP contribution in [0.15, 0.2) is 59.1 Å². The molecule has 2 N–H and O–H groups in total. The second-order valence-corrected chi connectivity index (χ2v) is 7.67. The van der Waals surface area contributed by atoms with Crippen LogP contribution in [-0.2, 0) is 6.54 Å². The van der Waals surface area contributed by atoms with Crippen LogP contribution in [0.5, 0.6) is 0 Å². The van der Waals surface area contributed by atoms with Crippen molar-refractivity contribution < 1.29 is 0 Å². The molecule has 0 fully saturated rings. The lowest BCUT2D eigenvalue weighted by Gasteiger charge is -2.31. The van der Waals surface area contributed by atoms with Gasteiger partial charge in [0.1, 0.15) is 0 Å². The van der Waals surface area contributed by atoms with Crippen LogP contribution >= 0.6 is 0 Å². The Morgan fingerprint density at radius 3 is 2.57 bits per heavy atom. The third-order valence-electron chi connectivity index (χ3n) is 4.96. The molecule has 0 amide bonds. The molecule has 0 spiro atoms. The predicted octanol–water partition coefficient (Wildman–Crippen LogP) is 6.58. The maximum absolute atomic E-state index is 5.92. The van der Waals surface area contributed by atoms with E-state index in [2.05, 4.69) is 69.1 Å².